The van der Waals surface area contributed by atoms with Crippen LogP contribution in [0.3, 0.4) is 0 Å². The van der Waals surface area contributed by atoms with Gasteiger partial charge in [-0.3, -0.25) is 8.77 Å². The molecule has 0 aliphatic heterocycles. The molecule has 68 valence electrons. The van der Waals surface area contributed by atoms with Gasteiger partial charge in [0.25, 0.3) is 0 Å². The van der Waals surface area contributed by atoms with E-state index in [1.54, 1.807) is 0 Å². The summed E-state index contributed by atoms with van der Waals surface area (Å²) >= 11 is 0. The van der Waals surface area contributed by atoms with Crippen LogP contribution in [0, 0.1) is 0 Å². The largest absolute Gasteiger partial charge is 0.342 e. The standard InChI is InChI=1S/C4H12NO4PS/c1-11(9)3-2-4(5)10(6,7)8/h4H,2-3,5H2,1H3,(H2,6,7,8)/t4-,11-/m0/s1. The topological polar surface area (TPSA) is 101 Å². The highest BCUT2D eigenvalue weighted by atomic mass is 32.2. The maximum atomic E-state index is 10.5. The van der Waals surface area contributed by atoms with Crippen molar-refractivity contribution in [2.24, 2.45) is 5.73 Å². The van der Waals surface area contributed by atoms with Gasteiger partial charge in [-0.05, 0) is 6.42 Å². The molecule has 11 heavy (non-hydrogen) atoms. The SMILES string of the molecule is C[S@](=O)CC[C@@H](N)P(=O)(O)O. The number of hydrogen-bond donors (Lipinski definition) is 3. The molecular formula is C4H12NO4PS. The van der Waals surface area contributed by atoms with Crippen LogP contribution in [-0.2, 0) is 15.4 Å². The van der Waals surface area contributed by atoms with Crippen molar-refractivity contribution in [3.63, 3.8) is 0 Å². The molecule has 0 saturated heterocycles. The molecule has 0 unspecified atom stereocenters. The Morgan fingerprint density at radius 1 is 1.64 bits per heavy atom. The summed E-state index contributed by atoms with van der Waals surface area (Å²) in [5.41, 5.74) is 5.10. The predicted molar refractivity (Wildman–Crippen MR) is 43.6 cm³/mol. The van der Waals surface area contributed by atoms with E-state index in [4.69, 9.17) is 15.5 Å². The van der Waals surface area contributed by atoms with E-state index in [-0.39, 0.29) is 12.2 Å². The van der Waals surface area contributed by atoms with E-state index in [9.17, 15) is 8.77 Å². The molecule has 0 rings (SSSR count). The normalized spacial score (nSPS) is 17.8. The molecule has 0 aliphatic carbocycles. The Balaban J connectivity index is 3.80. The van der Waals surface area contributed by atoms with Crippen LogP contribution in [0.2, 0.25) is 0 Å². The summed E-state index contributed by atoms with van der Waals surface area (Å²) in [5, 5.41) is 0. The average Bonchev–Trinajstić information content (AvgIpc) is 1.80. The van der Waals surface area contributed by atoms with Crippen molar-refractivity contribution in [2.45, 2.75) is 12.2 Å². The zero-order valence-corrected chi connectivity index (χ0v) is 7.85. The van der Waals surface area contributed by atoms with Crippen LogP contribution in [0.25, 0.3) is 0 Å². The first-order valence-corrected chi connectivity index (χ1v) is 6.35. The van der Waals surface area contributed by atoms with Gasteiger partial charge in [0.05, 0.1) is 0 Å². The number of nitrogens with two attached hydrogens (primary N) is 1. The van der Waals surface area contributed by atoms with E-state index in [1.807, 2.05) is 0 Å². The van der Waals surface area contributed by atoms with Crippen molar-refractivity contribution in [1.29, 1.82) is 0 Å². The summed E-state index contributed by atoms with van der Waals surface area (Å²) < 4.78 is 20.9. The van der Waals surface area contributed by atoms with E-state index in [1.165, 1.54) is 6.26 Å². The summed E-state index contributed by atoms with van der Waals surface area (Å²) in [6.45, 7) is 0. The Bertz CT molecular complexity index is 191. The van der Waals surface area contributed by atoms with Gasteiger partial charge in [-0.15, -0.1) is 0 Å². The van der Waals surface area contributed by atoms with Crippen molar-refractivity contribution < 1.29 is 18.6 Å². The molecule has 2 atom stereocenters. The number of rotatable bonds is 4. The van der Waals surface area contributed by atoms with Crippen molar-refractivity contribution in [1.82, 2.24) is 0 Å². The van der Waals surface area contributed by atoms with Gasteiger partial charge in [-0.25, -0.2) is 0 Å². The van der Waals surface area contributed by atoms with E-state index in [2.05, 4.69) is 0 Å². The first-order chi connectivity index (χ1) is 4.84. The third-order valence-electron chi connectivity index (χ3n) is 1.13. The lowest BCUT2D eigenvalue weighted by Crippen LogP contribution is -2.22. The van der Waals surface area contributed by atoms with Crippen LogP contribution < -0.4 is 5.73 Å². The molecule has 0 aromatic rings. The lowest BCUT2D eigenvalue weighted by Gasteiger charge is -2.11. The molecule has 0 radical (unpaired) electrons. The van der Waals surface area contributed by atoms with Crippen LogP contribution in [0.1, 0.15) is 6.42 Å². The van der Waals surface area contributed by atoms with Crippen LogP contribution in [0.5, 0.6) is 0 Å². The van der Waals surface area contributed by atoms with Crippen molar-refractivity contribution in [2.75, 3.05) is 12.0 Å². The molecule has 0 aliphatic rings. The summed E-state index contributed by atoms with van der Waals surface area (Å²) in [7, 11) is -5.21. The second-order valence-corrected chi connectivity index (χ2v) is 5.62. The molecule has 0 spiro atoms. The summed E-state index contributed by atoms with van der Waals surface area (Å²) in [6.07, 6.45) is 1.56. The van der Waals surface area contributed by atoms with Gasteiger partial charge in [-0.1, -0.05) is 0 Å². The predicted octanol–water partition coefficient (Wildman–Crippen LogP) is -0.782. The minimum Gasteiger partial charge on any atom is -0.323 e. The molecule has 0 saturated carbocycles. The first kappa shape index (κ1) is 11.3. The summed E-state index contributed by atoms with van der Waals surface area (Å²) in [6, 6.07) is 0. The zero-order chi connectivity index (χ0) is 9.07. The fraction of sp³-hybridized carbons (Fsp3) is 1.00. The lowest BCUT2D eigenvalue weighted by molar-refractivity contribution is 0.357. The van der Waals surface area contributed by atoms with Gasteiger partial charge in [0.15, 0.2) is 0 Å². The maximum absolute atomic E-state index is 10.5. The Labute approximate surface area is 67.6 Å². The average molecular weight is 201 g/mol. The fourth-order valence-electron chi connectivity index (χ4n) is 0.455. The van der Waals surface area contributed by atoms with Crippen molar-refractivity contribution in [3.05, 3.63) is 0 Å². The quantitative estimate of drug-likeness (QED) is 0.518. The molecule has 0 aromatic heterocycles. The van der Waals surface area contributed by atoms with E-state index >= 15 is 0 Å². The molecule has 5 nitrogen and oxygen atoms in total. The van der Waals surface area contributed by atoms with Gasteiger partial charge in [0, 0.05) is 22.8 Å². The second-order valence-electron chi connectivity index (χ2n) is 2.22. The molecule has 4 N–H and O–H groups in total. The van der Waals surface area contributed by atoms with E-state index < -0.39 is 24.2 Å². The molecule has 0 bridgehead atoms. The Morgan fingerprint density at radius 3 is 2.36 bits per heavy atom. The highest BCUT2D eigenvalue weighted by Gasteiger charge is 2.23. The van der Waals surface area contributed by atoms with Gasteiger partial charge in [-0.2, -0.15) is 0 Å². The van der Waals surface area contributed by atoms with Crippen LogP contribution in [0.15, 0.2) is 0 Å². The summed E-state index contributed by atoms with van der Waals surface area (Å²) in [4.78, 5) is 17.0. The van der Waals surface area contributed by atoms with Crippen LogP contribution in [-0.4, -0.2) is 31.8 Å². The second kappa shape index (κ2) is 4.33. The maximum Gasteiger partial charge on any atom is 0.342 e. The molecule has 0 amide bonds. The third-order valence-corrected chi connectivity index (χ3v) is 3.07. The Morgan fingerprint density at radius 2 is 2.09 bits per heavy atom. The highest BCUT2D eigenvalue weighted by Crippen LogP contribution is 2.39. The molecule has 0 aromatic carbocycles. The molecule has 0 fully saturated rings. The summed E-state index contributed by atoms with van der Waals surface area (Å²) in [5.74, 6) is -0.946. The van der Waals surface area contributed by atoms with E-state index in [0.717, 1.165) is 0 Å². The monoisotopic (exact) mass is 201 g/mol. The lowest BCUT2D eigenvalue weighted by atomic mass is 10.5. The minimum atomic E-state index is -4.17. The Hall–Kier alpha value is 0.260. The van der Waals surface area contributed by atoms with Gasteiger partial charge in [0.2, 0.25) is 0 Å². The highest BCUT2D eigenvalue weighted by molar-refractivity contribution is 7.84. The van der Waals surface area contributed by atoms with E-state index in [0.29, 0.717) is 0 Å². The zero-order valence-electron chi connectivity index (χ0n) is 6.14. The molecule has 7 heteroatoms. The van der Waals surface area contributed by atoms with Crippen LogP contribution in [0.4, 0.5) is 0 Å². The molecule has 0 heterocycles. The first-order valence-electron chi connectivity index (χ1n) is 2.95. The van der Waals surface area contributed by atoms with Gasteiger partial charge >= 0.3 is 7.60 Å². The van der Waals surface area contributed by atoms with Crippen LogP contribution >= 0.6 is 7.60 Å². The van der Waals surface area contributed by atoms with Crippen molar-refractivity contribution in [3.8, 4) is 0 Å². The third kappa shape index (κ3) is 5.52. The smallest absolute Gasteiger partial charge is 0.323 e. The molecular weight excluding hydrogens is 189 g/mol. The fourth-order valence-corrected chi connectivity index (χ4v) is 1.68. The minimum absolute atomic E-state index is 0.0907. The van der Waals surface area contributed by atoms with Gasteiger partial charge in [0.1, 0.15) is 5.78 Å². The van der Waals surface area contributed by atoms with Crippen molar-refractivity contribution >= 4 is 18.4 Å². The van der Waals surface area contributed by atoms with Gasteiger partial charge < -0.3 is 15.5 Å². The Kier molecular flexibility index (Phi) is 4.43. The number of hydrogen-bond acceptors (Lipinski definition) is 3.